The van der Waals surface area contributed by atoms with Gasteiger partial charge in [-0.15, -0.1) is 0 Å². The molecule has 1 amide bonds. The normalized spacial score (nSPS) is 19.4. The molecular formula is C23H29N3O2S. The monoisotopic (exact) mass is 411 g/mol. The molecule has 1 fully saturated rings. The summed E-state index contributed by atoms with van der Waals surface area (Å²) in [7, 11) is 0. The fraction of sp³-hybridized carbons (Fsp3) is 0.391. The zero-order valence-electron chi connectivity index (χ0n) is 17.1. The second kappa shape index (κ2) is 10.4. The summed E-state index contributed by atoms with van der Waals surface area (Å²) in [6.07, 6.45) is 3.50. The summed E-state index contributed by atoms with van der Waals surface area (Å²) in [5, 5.41) is 6.16. The number of carbonyl (C=O) groups excluding carboxylic acids is 1. The number of ether oxygens (including phenoxy) is 1. The van der Waals surface area contributed by atoms with Crippen molar-refractivity contribution in [3.05, 3.63) is 60.2 Å². The van der Waals surface area contributed by atoms with E-state index in [1.54, 1.807) is 0 Å². The van der Waals surface area contributed by atoms with Crippen molar-refractivity contribution in [1.82, 2.24) is 10.2 Å². The van der Waals surface area contributed by atoms with Gasteiger partial charge in [0.25, 0.3) is 0 Å². The van der Waals surface area contributed by atoms with Crippen LogP contribution in [-0.4, -0.2) is 34.5 Å². The first-order valence-electron chi connectivity index (χ1n) is 10.1. The Bertz CT molecular complexity index is 818. The molecule has 6 heteroatoms. The van der Waals surface area contributed by atoms with Gasteiger partial charge in [-0.1, -0.05) is 42.8 Å². The maximum Gasteiger partial charge on any atom is 0.240 e. The number of thiocarbonyl (C=S) groups is 1. The Labute approximate surface area is 178 Å². The van der Waals surface area contributed by atoms with Crippen molar-refractivity contribution in [1.29, 1.82) is 0 Å². The van der Waals surface area contributed by atoms with Crippen molar-refractivity contribution in [3.63, 3.8) is 0 Å². The molecule has 2 aromatic rings. The SMILES string of the molecule is CC1CCCC(C)N1CC(=O)NC(=S)Nc1cccc(OCc2ccccc2)c1. The lowest BCUT2D eigenvalue weighted by atomic mass is 9.97. The molecule has 0 spiro atoms. The summed E-state index contributed by atoms with van der Waals surface area (Å²) in [5.41, 5.74) is 1.88. The highest BCUT2D eigenvalue weighted by Gasteiger charge is 2.26. The summed E-state index contributed by atoms with van der Waals surface area (Å²) in [5.74, 6) is 0.656. The van der Waals surface area contributed by atoms with Crippen molar-refractivity contribution in [3.8, 4) is 5.75 Å². The van der Waals surface area contributed by atoms with Crippen LogP contribution in [0, 0.1) is 0 Å². The van der Waals surface area contributed by atoms with E-state index in [0.717, 1.165) is 29.8 Å². The van der Waals surface area contributed by atoms with Crippen LogP contribution >= 0.6 is 12.2 Å². The molecule has 0 bridgehead atoms. The molecule has 3 rings (SSSR count). The fourth-order valence-electron chi connectivity index (χ4n) is 3.69. The number of likely N-dealkylation sites (tertiary alicyclic amines) is 1. The maximum atomic E-state index is 12.4. The highest BCUT2D eigenvalue weighted by molar-refractivity contribution is 7.80. The molecule has 154 valence electrons. The van der Waals surface area contributed by atoms with Crippen LogP contribution in [0.1, 0.15) is 38.7 Å². The number of rotatable bonds is 6. The van der Waals surface area contributed by atoms with Gasteiger partial charge in [-0.2, -0.15) is 0 Å². The highest BCUT2D eigenvalue weighted by Crippen LogP contribution is 2.22. The van der Waals surface area contributed by atoms with E-state index in [9.17, 15) is 4.79 Å². The standard InChI is InChI=1S/C23H29N3O2S/c1-17-8-6-9-18(2)26(17)15-22(27)25-23(29)24-20-12-7-13-21(14-20)28-16-19-10-4-3-5-11-19/h3-5,7,10-14,17-18H,6,8-9,15-16H2,1-2H3,(H2,24,25,27,29). The lowest BCUT2D eigenvalue weighted by molar-refractivity contribution is -0.122. The van der Waals surface area contributed by atoms with Crippen molar-refractivity contribution in [2.45, 2.75) is 51.8 Å². The maximum absolute atomic E-state index is 12.4. The first-order valence-corrected chi connectivity index (χ1v) is 10.6. The lowest BCUT2D eigenvalue weighted by Crippen LogP contribution is -2.50. The van der Waals surface area contributed by atoms with Crippen LogP contribution in [0.4, 0.5) is 5.69 Å². The number of hydrogen-bond donors (Lipinski definition) is 2. The molecule has 1 aliphatic rings. The van der Waals surface area contributed by atoms with E-state index in [1.807, 2.05) is 54.6 Å². The molecule has 2 atom stereocenters. The molecule has 1 heterocycles. The van der Waals surface area contributed by atoms with Crippen LogP contribution in [0.25, 0.3) is 0 Å². The second-order valence-electron chi connectivity index (χ2n) is 7.61. The van der Waals surface area contributed by atoms with Crippen LogP contribution in [0.2, 0.25) is 0 Å². The average Bonchev–Trinajstić information content (AvgIpc) is 2.70. The average molecular weight is 412 g/mol. The minimum atomic E-state index is -0.0837. The Kier molecular flexibility index (Phi) is 7.61. The Balaban J connectivity index is 1.49. The second-order valence-corrected chi connectivity index (χ2v) is 8.01. The van der Waals surface area contributed by atoms with Crippen molar-refractivity contribution in [2.75, 3.05) is 11.9 Å². The van der Waals surface area contributed by atoms with Gasteiger partial charge in [0.1, 0.15) is 12.4 Å². The van der Waals surface area contributed by atoms with Gasteiger partial charge >= 0.3 is 0 Å². The van der Waals surface area contributed by atoms with Crippen molar-refractivity contribution < 1.29 is 9.53 Å². The molecule has 1 aliphatic heterocycles. The van der Waals surface area contributed by atoms with E-state index in [2.05, 4.69) is 29.4 Å². The predicted octanol–water partition coefficient (Wildman–Crippen LogP) is 4.34. The zero-order valence-corrected chi connectivity index (χ0v) is 17.9. The molecule has 29 heavy (non-hydrogen) atoms. The van der Waals surface area contributed by atoms with Crippen LogP contribution in [0.5, 0.6) is 5.75 Å². The van der Waals surface area contributed by atoms with Crippen LogP contribution in [0.15, 0.2) is 54.6 Å². The van der Waals surface area contributed by atoms with Crippen LogP contribution < -0.4 is 15.4 Å². The third kappa shape index (κ3) is 6.54. The van der Waals surface area contributed by atoms with Gasteiger partial charge < -0.3 is 15.4 Å². The van der Waals surface area contributed by atoms with Gasteiger partial charge in [0, 0.05) is 23.8 Å². The van der Waals surface area contributed by atoms with Gasteiger partial charge in [-0.3, -0.25) is 9.69 Å². The smallest absolute Gasteiger partial charge is 0.240 e. The first-order chi connectivity index (χ1) is 14.0. The van der Waals surface area contributed by atoms with Gasteiger partial charge in [0.05, 0.1) is 6.54 Å². The summed E-state index contributed by atoms with van der Waals surface area (Å²) in [4.78, 5) is 14.7. The van der Waals surface area contributed by atoms with Gasteiger partial charge in [-0.05, 0) is 56.6 Å². The molecule has 2 unspecified atom stereocenters. The van der Waals surface area contributed by atoms with Gasteiger partial charge in [-0.25, -0.2) is 0 Å². The number of nitrogens with one attached hydrogen (secondary N) is 2. The molecule has 5 nitrogen and oxygen atoms in total. The van der Waals surface area contributed by atoms with Crippen LogP contribution in [-0.2, 0) is 11.4 Å². The summed E-state index contributed by atoms with van der Waals surface area (Å²) in [6.45, 7) is 5.23. The molecule has 0 aromatic heterocycles. The number of anilines is 1. The minimum Gasteiger partial charge on any atom is -0.489 e. The summed E-state index contributed by atoms with van der Waals surface area (Å²) in [6, 6.07) is 18.4. The molecule has 0 radical (unpaired) electrons. The molecule has 1 saturated heterocycles. The van der Waals surface area contributed by atoms with E-state index < -0.39 is 0 Å². The van der Waals surface area contributed by atoms with E-state index in [-0.39, 0.29) is 5.91 Å². The summed E-state index contributed by atoms with van der Waals surface area (Å²) < 4.78 is 5.84. The predicted molar refractivity (Wildman–Crippen MR) is 121 cm³/mol. The van der Waals surface area contributed by atoms with E-state index in [0.29, 0.717) is 30.3 Å². The Morgan fingerprint density at radius 2 is 1.83 bits per heavy atom. The van der Waals surface area contributed by atoms with E-state index >= 15 is 0 Å². The van der Waals surface area contributed by atoms with E-state index in [1.165, 1.54) is 6.42 Å². The third-order valence-electron chi connectivity index (χ3n) is 5.30. The molecule has 2 N–H and O–H groups in total. The Hall–Kier alpha value is -2.44. The lowest BCUT2D eigenvalue weighted by Gasteiger charge is -2.38. The molecular weight excluding hydrogens is 382 g/mol. The first kappa shape index (κ1) is 21.3. The summed E-state index contributed by atoms with van der Waals surface area (Å²) >= 11 is 5.32. The van der Waals surface area contributed by atoms with E-state index in [4.69, 9.17) is 17.0 Å². The number of amides is 1. The number of carbonyl (C=O) groups is 1. The van der Waals surface area contributed by atoms with Crippen molar-refractivity contribution in [2.24, 2.45) is 0 Å². The minimum absolute atomic E-state index is 0.0837. The van der Waals surface area contributed by atoms with Gasteiger partial charge in [0.2, 0.25) is 5.91 Å². The molecule has 0 aliphatic carbocycles. The number of benzene rings is 2. The number of hydrogen-bond acceptors (Lipinski definition) is 4. The zero-order chi connectivity index (χ0) is 20.6. The third-order valence-corrected chi connectivity index (χ3v) is 5.50. The topological polar surface area (TPSA) is 53.6 Å². The Morgan fingerprint density at radius 1 is 1.10 bits per heavy atom. The quantitative estimate of drug-likeness (QED) is 0.693. The molecule has 2 aromatic carbocycles. The largest absolute Gasteiger partial charge is 0.489 e. The number of nitrogens with zero attached hydrogens (tertiary/aromatic N) is 1. The highest BCUT2D eigenvalue weighted by atomic mass is 32.1. The van der Waals surface area contributed by atoms with Crippen molar-refractivity contribution >= 4 is 28.9 Å². The van der Waals surface area contributed by atoms with Crippen LogP contribution in [0.3, 0.4) is 0 Å². The fourth-order valence-corrected chi connectivity index (χ4v) is 3.92. The number of piperidine rings is 1. The molecule has 0 saturated carbocycles. The van der Waals surface area contributed by atoms with Gasteiger partial charge in [0.15, 0.2) is 5.11 Å². The Morgan fingerprint density at radius 3 is 2.55 bits per heavy atom.